The number of hydrogen-bond acceptors (Lipinski definition) is 2. The lowest BCUT2D eigenvalue weighted by atomic mass is 10.1. The highest BCUT2D eigenvalue weighted by atomic mass is 16.2. The van der Waals surface area contributed by atoms with E-state index in [0.29, 0.717) is 5.69 Å². The van der Waals surface area contributed by atoms with Gasteiger partial charge in [0.2, 0.25) is 0 Å². The number of aryl methyl sites for hydroxylation is 2. The van der Waals surface area contributed by atoms with E-state index < -0.39 is 11.2 Å². The van der Waals surface area contributed by atoms with E-state index >= 15 is 0 Å². The van der Waals surface area contributed by atoms with Crippen LogP contribution < -0.4 is 11.2 Å². The quantitative estimate of drug-likeness (QED) is 0.572. The smallest absolute Gasteiger partial charge is 0.288 e. The van der Waals surface area contributed by atoms with Gasteiger partial charge in [0.15, 0.2) is 0 Å². The minimum atomic E-state index is -0.448. The highest BCUT2D eigenvalue weighted by Crippen LogP contribution is 2.05. The fourth-order valence-corrected chi connectivity index (χ4v) is 2.64. The van der Waals surface area contributed by atoms with E-state index in [1.807, 2.05) is 62.4 Å². The second-order valence-electron chi connectivity index (χ2n) is 6.66. The summed E-state index contributed by atoms with van der Waals surface area (Å²) in [6.45, 7) is 4.00. The molecular formula is C24H20N2O2. The summed E-state index contributed by atoms with van der Waals surface area (Å²) in [7, 11) is 3.04. The Balaban J connectivity index is 2.17. The van der Waals surface area contributed by atoms with Gasteiger partial charge in [-0.2, -0.15) is 0 Å². The van der Waals surface area contributed by atoms with Gasteiger partial charge in [-0.25, -0.2) is 4.79 Å². The third kappa shape index (κ3) is 3.98. The van der Waals surface area contributed by atoms with E-state index in [0.717, 1.165) is 26.8 Å². The summed E-state index contributed by atoms with van der Waals surface area (Å²) in [5.74, 6) is 11.9. The van der Waals surface area contributed by atoms with E-state index in [-0.39, 0.29) is 5.56 Å². The van der Waals surface area contributed by atoms with E-state index in [4.69, 9.17) is 0 Å². The largest absolute Gasteiger partial charge is 0.331 e. The summed E-state index contributed by atoms with van der Waals surface area (Å²) >= 11 is 0. The minimum absolute atomic E-state index is 0.213. The molecule has 28 heavy (non-hydrogen) atoms. The normalized spacial score (nSPS) is 9.86. The second kappa shape index (κ2) is 7.86. The highest BCUT2D eigenvalue weighted by molar-refractivity contribution is 5.51. The third-order valence-corrected chi connectivity index (χ3v) is 4.42. The molecule has 1 heterocycles. The predicted molar refractivity (Wildman–Crippen MR) is 111 cm³/mol. The first-order valence-electron chi connectivity index (χ1n) is 8.84. The maximum atomic E-state index is 12.7. The minimum Gasteiger partial charge on any atom is -0.288 e. The van der Waals surface area contributed by atoms with Crippen LogP contribution in [0.5, 0.6) is 0 Å². The van der Waals surface area contributed by atoms with Crippen LogP contribution in [0, 0.1) is 37.5 Å². The van der Waals surface area contributed by atoms with Crippen molar-refractivity contribution >= 4 is 0 Å². The van der Waals surface area contributed by atoms with Crippen molar-refractivity contribution in [2.75, 3.05) is 0 Å². The lowest BCUT2D eigenvalue weighted by molar-refractivity contribution is 0.675. The number of aromatic nitrogens is 2. The van der Waals surface area contributed by atoms with Gasteiger partial charge in [-0.05, 0) is 44.0 Å². The van der Waals surface area contributed by atoms with Gasteiger partial charge in [-0.1, -0.05) is 53.2 Å². The first-order chi connectivity index (χ1) is 13.4. The molecule has 3 aromatic rings. The molecule has 0 unspecified atom stereocenters. The molecule has 3 rings (SSSR count). The Morgan fingerprint density at radius 3 is 1.61 bits per heavy atom. The summed E-state index contributed by atoms with van der Waals surface area (Å²) in [6.07, 6.45) is 0. The molecule has 0 amide bonds. The molecule has 4 heteroatoms. The van der Waals surface area contributed by atoms with Gasteiger partial charge in [0.05, 0.1) is 0 Å². The van der Waals surface area contributed by atoms with Crippen LogP contribution >= 0.6 is 0 Å². The van der Waals surface area contributed by atoms with Crippen LogP contribution in [0.2, 0.25) is 0 Å². The fraction of sp³-hybridized carbons (Fsp3) is 0.167. The Labute approximate surface area is 164 Å². The molecule has 0 saturated heterocycles. The molecule has 0 atom stereocenters. The maximum absolute atomic E-state index is 12.7. The molecule has 0 spiro atoms. The van der Waals surface area contributed by atoms with Gasteiger partial charge >= 0.3 is 5.69 Å². The van der Waals surface area contributed by atoms with E-state index in [9.17, 15) is 9.59 Å². The number of rotatable bonds is 0. The van der Waals surface area contributed by atoms with Crippen molar-refractivity contribution in [1.29, 1.82) is 0 Å². The van der Waals surface area contributed by atoms with Gasteiger partial charge in [0, 0.05) is 25.2 Å². The van der Waals surface area contributed by atoms with Gasteiger partial charge in [-0.3, -0.25) is 13.9 Å². The zero-order valence-electron chi connectivity index (χ0n) is 16.3. The Kier molecular flexibility index (Phi) is 5.34. The first kappa shape index (κ1) is 19.0. The molecule has 138 valence electrons. The molecule has 2 aromatic carbocycles. The number of benzene rings is 2. The fourth-order valence-electron chi connectivity index (χ4n) is 2.64. The van der Waals surface area contributed by atoms with Crippen molar-refractivity contribution in [1.82, 2.24) is 9.13 Å². The van der Waals surface area contributed by atoms with Gasteiger partial charge in [-0.15, -0.1) is 0 Å². The lowest BCUT2D eigenvalue weighted by Gasteiger charge is -2.07. The Bertz CT molecular complexity index is 1270. The summed E-state index contributed by atoms with van der Waals surface area (Å²) in [5.41, 5.74) is 3.51. The van der Waals surface area contributed by atoms with Gasteiger partial charge in [0.25, 0.3) is 5.56 Å². The van der Waals surface area contributed by atoms with Gasteiger partial charge < -0.3 is 0 Å². The maximum Gasteiger partial charge on any atom is 0.331 e. The van der Waals surface area contributed by atoms with Crippen LogP contribution in [0.1, 0.15) is 33.5 Å². The van der Waals surface area contributed by atoms with Gasteiger partial charge in [0.1, 0.15) is 11.3 Å². The average Bonchev–Trinajstić information content (AvgIpc) is 2.70. The molecule has 0 fully saturated rings. The molecule has 0 bridgehead atoms. The number of hydrogen-bond donors (Lipinski definition) is 0. The molecule has 1 aromatic heterocycles. The molecule has 0 N–H and O–H groups in total. The van der Waals surface area contributed by atoms with Crippen LogP contribution in [0.15, 0.2) is 58.1 Å². The molecule has 0 aliphatic carbocycles. The van der Waals surface area contributed by atoms with Crippen LogP contribution in [-0.4, -0.2) is 9.13 Å². The van der Waals surface area contributed by atoms with Crippen molar-refractivity contribution in [2.45, 2.75) is 13.8 Å². The highest BCUT2D eigenvalue weighted by Gasteiger charge is 2.12. The zero-order valence-corrected chi connectivity index (χ0v) is 16.3. The predicted octanol–water partition coefficient (Wildman–Crippen LogP) is 2.50. The Morgan fingerprint density at radius 1 is 0.643 bits per heavy atom. The summed E-state index contributed by atoms with van der Waals surface area (Å²) in [6, 6.07) is 15.4. The van der Waals surface area contributed by atoms with Crippen molar-refractivity contribution in [3.63, 3.8) is 0 Å². The topological polar surface area (TPSA) is 44.0 Å². The Hall–Kier alpha value is -3.76. The van der Waals surface area contributed by atoms with Crippen molar-refractivity contribution in [3.05, 3.63) is 103 Å². The average molecular weight is 368 g/mol. The van der Waals surface area contributed by atoms with Crippen LogP contribution in [0.25, 0.3) is 0 Å². The molecular weight excluding hydrogens is 348 g/mol. The molecule has 0 aliphatic rings. The molecule has 0 saturated carbocycles. The van der Waals surface area contributed by atoms with Crippen molar-refractivity contribution in [3.8, 4) is 23.7 Å². The molecule has 4 nitrogen and oxygen atoms in total. The summed E-state index contributed by atoms with van der Waals surface area (Å²) in [5, 5.41) is 0. The molecule has 0 radical (unpaired) electrons. The summed E-state index contributed by atoms with van der Waals surface area (Å²) < 4.78 is 2.41. The van der Waals surface area contributed by atoms with Crippen LogP contribution in [0.4, 0.5) is 0 Å². The van der Waals surface area contributed by atoms with E-state index in [1.165, 1.54) is 11.6 Å². The van der Waals surface area contributed by atoms with Crippen molar-refractivity contribution in [2.24, 2.45) is 14.1 Å². The van der Waals surface area contributed by atoms with E-state index in [2.05, 4.69) is 23.7 Å². The SMILES string of the molecule is Cc1ccc(C#Cc2c(C#Cc3ccc(C)cc3)n(C)c(=O)n(C)c2=O)cc1. The standard InChI is InChI=1S/C24H20N2O2/c1-17-5-9-19(10-6-17)13-15-21-22(25(3)24(28)26(4)23(21)27)16-14-20-11-7-18(2)8-12-20/h5-12H,1-4H3. The summed E-state index contributed by atoms with van der Waals surface area (Å²) in [4.78, 5) is 25.0. The zero-order chi connectivity index (χ0) is 20.3. The Morgan fingerprint density at radius 2 is 1.11 bits per heavy atom. The molecule has 0 aliphatic heterocycles. The third-order valence-electron chi connectivity index (χ3n) is 4.42. The van der Waals surface area contributed by atoms with E-state index in [1.54, 1.807) is 7.05 Å². The van der Waals surface area contributed by atoms with Crippen molar-refractivity contribution < 1.29 is 0 Å². The number of nitrogens with zero attached hydrogens (tertiary/aromatic N) is 2. The van der Waals surface area contributed by atoms with Crippen LogP contribution in [-0.2, 0) is 14.1 Å². The lowest BCUT2D eigenvalue weighted by Crippen LogP contribution is -2.40. The monoisotopic (exact) mass is 368 g/mol. The first-order valence-corrected chi connectivity index (χ1v) is 8.84. The van der Waals surface area contributed by atoms with Crippen LogP contribution in [0.3, 0.4) is 0 Å². The second-order valence-corrected chi connectivity index (χ2v) is 6.66.